The lowest BCUT2D eigenvalue weighted by Gasteiger charge is -2.12. The van der Waals surface area contributed by atoms with Crippen LogP contribution in [-0.2, 0) is 4.74 Å². The summed E-state index contributed by atoms with van der Waals surface area (Å²) >= 11 is 0. The molecule has 4 nitrogen and oxygen atoms in total. The van der Waals surface area contributed by atoms with Crippen LogP contribution in [0.25, 0.3) is 0 Å². The van der Waals surface area contributed by atoms with E-state index in [4.69, 9.17) is 0 Å². The molecule has 0 fully saturated rings. The average molecular weight is 235 g/mol. The Hall–Kier alpha value is -1.79. The number of hydrogen-bond acceptors (Lipinski definition) is 4. The molecule has 0 amide bonds. The van der Waals surface area contributed by atoms with Gasteiger partial charge in [-0.3, -0.25) is 0 Å². The van der Waals surface area contributed by atoms with E-state index in [2.05, 4.69) is 14.5 Å². The Balaban J connectivity index is 3.18. The summed E-state index contributed by atoms with van der Waals surface area (Å²) in [7, 11) is 1.06. The predicted molar refractivity (Wildman–Crippen MR) is 47.0 cm³/mol. The number of esters is 1. The second-order valence-corrected chi connectivity index (χ2v) is 2.85. The molecule has 88 valence electrons. The zero-order valence-electron chi connectivity index (χ0n) is 8.46. The van der Waals surface area contributed by atoms with Gasteiger partial charge in [-0.2, -0.15) is 0 Å². The highest BCUT2D eigenvalue weighted by Crippen LogP contribution is 2.26. The highest BCUT2D eigenvalue weighted by Gasteiger charge is 2.34. The maximum absolute atomic E-state index is 12.0. The van der Waals surface area contributed by atoms with E-state index in [0.717, 1.165) is 13.3 Å². The van der Waals surface area contributed by atoms with Crippen LogP contribution < -0.4 is 4.74 Å². The van der Waals surface area contributed by atoms with Crippen LogP contribution in [0.5, 0.6) is 5.88 Å². The molecular formula is C9H8F3NO3. The van der Waals surface area contributed by atoms with E-state index < -0.39 is 18.2 Å². The van der Waals surface area contributed by atoms with E-state index in [9.17, 15) is 18.0 Å². The number of alkyl halides is 3. The number of rotatable bonds is 2. The Morgan fingerprint density at radius 2 is 2.06 bits per heavy atom. The van der Waals surface area contributed by atoms with Gasteiger partial charge in [0.1, 0.15) is 5.56 Å². The first kappa shape index (κ1) is 12.3. The summed E-state index contributed by atoms with van der Waals surface area (Å²) in [5.41, 5.74) is -0.0385. The molecule has 1 aromatic rings. The van der Waals surface area contributed by atoms with Crippen LogP contribution in [0.3, 0.4) is 0 Å². The second-order valence-electron chi connectivity index (χ2n) is 2.85. The van der Waals surface area contributed by atoms with Crippen LogP contribution in [0, 0.1) is 6.92 Å². The smallest absolute Gasteiger partial charge is 0.465 e. The van der Waals surface area contributed by atoms with Crippen molar-refractivity contribution >= 4 is 5.97 Å². The number of halogens is 3. The van der Waals surface area contributed by atoms with Gasteiger partial charge in [0, 0.05) is 6.20 Å². The number of methoxy groups -OCH3 is 1. The molecule has 0 aliphatic heterocycles. The highest BCUT2D eigenvalue weighted by atomic mass is 19.4. The zero-order valence-corrected chi connectivity index (χ0v) is 8.46. The van der Waals surface area contributed by atoms with Crippen LogP contribution in [0.4, 0.5) is 13.2 Å². The van der Waals surface area contributed by atoms with E-state index in [0.29, 0.717) is 5.56 Å². The van der Waals surface area contributed by atoms with Crippen LogP contribution in [0.15, 0.2) is 12.3 Å². The van der Waals surface area contributed by atoms with E-state index in [1.165, 1.54) is 13.0 Å². The van der Waals surface area contributed by atoms with Gasteiger partial charge in [-0.25, -0.2) is 9.78 Å². The Labute approximate surface area is 89.0 Å². The number of hydrogen-bond donors (Lipinski definition) is 0. The molecule has 7 heteroatoms. The summed E-state index contributed by atoms with van der Waals surface area (Å²) in [6.45, 7) is 1.46. The van der Waals surface area contributed by atoms with E-state index in [1.807, 2.05) is 0 Å². The van der Waals surface area contributed by atoms with Crippen molar-refractivity contribution in [2.24, 2.45) is 0 Å². The summed E-state index contributed by atoms with van der Waals surface area (Å²) in [5, 5.41) is 0. The summed E-state index contributed by atoms with van der Waals surface area (Å²) in [6.07, 6.45) is -3.79. The molecule has 0 aliphatic rings. The van der Waals surface area contributed by atoms with E-state index >= 15 is 0 Å². The van der Waals surface area contributed by atoms with Gasteiger partial charge < -0.3 is 9.47 Å². The molecule has 0 saturated heterocycles. The molecule has 1 heterocycles. The molecule has 0 atom stereocenters. The maximum Gasteiger partial charge on any atom is 0.574 e. The molecule has 16 heavy (non-hydrogen) atoms. The lowest BCUT2D eigenvalue weighted by atomic mass is 10.1. The Morgan fingerprint density at radius 1 is 1.44 bits per heavy atom. The fourth-order valence-electron chi connectivity index (χ4n) is 1.07. The summed E-state index contributed by atoms with van der Waals surface area (Å²) < 4.78 is 44.0. The molecule has 0 radical (unpaired) electrons. The van der Waals surface area contributed by atoms with Crippen LogP contribution in [-0.4, -0.2) is 24.4 Å². The number of nitrogens with zero attached hydrogens (tertiary/aromatic N) is 1. The first-order valence-electron chi connectivity index (χ1n) is 4.15. The van der Waals surface area contributed by atoms with Gasteiger partial charge in [0.25, 0.3) is 0 Å². The van der Waals surface area contributed by atoms with Gasteiger partial charge >= 0.3 is 12.3 Å². The lowest BCUT2D eigenvalue weighted by molar-refractivity contribution is -0.276. The molecular weight excluding hydrogens is 227 g/mol. The lowest BCUT2D eigenvalue weighted by Crippen LogP contribution is -2.20. The van der Waals surface area contributed by atoms with Crippen molar-refractivity contribution in [3.63, 3.8) is 0 Å². The quantitative estimate of drug-likeness (QED) is 0.736. The zero-order chi connectivity index (χ0) is 12.3. The summed E-state index contributed by atoms with van der Waals surface area (Å²) in [4.78, 5) is 14.6. The van der Waals surface area contributed by atoms with Crippen LogP contribution >= 0.6 is 0 Å². The van der Waals surface area contributed by atoms with Gasteiger partial charge in [0.15, 0.2) is 0 Å². The fraction of sp³-hybridized carbons (Fsp3) is 0.333. The maximum atomic E-state index is 12.0. The largest absolute Gasteiger partial charge is 0.574 e. The van der Waals surface area contributed by atoms with Crippen molar-refractivity contribution in [2.75, 3.05) is 7.11 Å². The number of ether oxygens (including phenoxy) is 2. The summed E-state index contributed by atoms with van der Waals surface area (Å²) in [5.74, 6) is -1.73. The molecule has 1 aromatic heterocycles. The average Bonchev–Trinajstić information content (AvgIpc) is 2.14. The number of carbonyl (C=O) groups excluding carboxylic acids is 1. The summed E-state index contributed by atoms with van der Waals surface area (Å²) in [6, 6.07) is 1.38. The van der Waals surface area contributed by atoms with Crippen LogP contribution in [0.1, 0.15) is 15.9 Å². The van der Waals surface area contributed by atoms with Crippen molar-refractivity contribution in [3.05, 3.63) is 23.4 Å². The molecule has 0 N–H and O–H groups in total. The third-order valence-corrected chi connectivity index (χ3v) is 1.73. The van der Waals surface area contributed by atoms with E-state index in [1.54, 1.807) is 0 Å². The first-order chi connectivity index (χ1) is 7.35. The van der Waals surface area contributed by atoms with Crippen molar-refractivity contribution in [1.82, 2.24) is 4.98 Å². The molecule has 1 rings (SSSR count). The minimum absolute atomic E-state index is 0.293. The highest BCUT2D eigenvalue weighted by molar-refractivity contribution is 5.93. The minimum Gasteiger partial charge on any atom is -0.465 e. The van der Waals surface area contributed by atoms with Gasteiger partial charge in [0.2, 0.25) is 5.88 Å². The van der Waals surface area contributed by atoms with Gasteiger partial charge in [-0.05, 0) is 18.6 Å². The molecule has 0 spiro atoms. The second kappa shape index (κ2) is 4.38. The number of aromatic nitrogens is 1. The Kier molecular flexibility index (Phi) is 3.36. The molecule has 0 saturated carbocycles. The van der Waals surface area contributed by atoms with Crippen molar-refractivity contribution in [2.45, 2.75) is 13.3 Å². The number of pyridine rings is 1. The monoisotopic (exact) mass is 235 g/mol. The minimum atomic E-state index is -4.90. The Morgan fingerprint density at radius 3 is 2.56 bits per heavy atom. The third kappa shape index (κ3) is 2.85. The number of aryl methyl sites for hydroxylation is 1. The molecule has 0 aliphatic carbocycles. The molecule has 0 aromatic carbocycles. The number of carbonyl (C=O) groups is 1. The van der Waals surface area contributed by atoms with E-state index in [-0.39, 0.29) is 5.56 Å². The van der Waals surface area contributed by atoms with Crippen molar-refractivity contribution < 1.29 is 27.4 Å². The van der Waals surface area contributed by atoms with Gasteiger partial charge in [-0.15, -0.1) is 13.2 Å². The third-order valence-electron chi connectivity index (χ3n) is 1.73. The van der Waals surface area contributed by atoms with Gasteiger partial charge in [0.05, 0.1) is 7.11 Å². The topological polar surface area (TPSA) is 48.4 Å². The normalized spacial score (nSPS) is 11.1. The van der Waals surface area contributed by atoms with Crippen molar-refractivity contribution in [3.8, 4) is 5.88 Å². The molecule has 0 unspecified atom stereocenters. The first-order valence-corrected chi connectivity index (χ1v) is 4.15. The Bertz CT molecular complexity index is 403. The SMILES string of the molecule is COC(=O)c1c(C)ccnc1OC(F)(F)F. The van der Waals surface area contributed by atoms with Crippen LogP contribution in [0.2, 0.25) is 0 Å². The van der Waals surface area contributed by atoms with Crippen molar-refractivity contribution in [1.29, 1.82) is 0 Å². The predicted octanol–water partition coefficient (Wildman–Crippen LogP) is 2.08. The fourth-order valence-corrected chi connectivity index (χ4v) is 1.07. The van der Waals surface area contributed by atoms with Gasteiger partial charge in [-0.1, -0.05) is 0 Å². The molecule has 0 bridgehead atoms. The standard InChI is InChI=1S/C9H8F3NO3/c1-5-3-4-13-7(16-9(10,11)12)6(5)8(14)15-2/h3-4H,1-2H3.